The smallest absolute Gasteiger partial charge is 0.234 e. The van der Waals surface area contributed by atoms with Gasteiger partial charge in [-0.2, -0.15) is 0 Å². The van der Waals surface area contributed by atoms with Crippen molar-refractivity contribution in [1.29, 1.82) is 0 Å². The largest absolute Gasteiger partial charge is 0.486 e. The summed E-state index contributed by atoms with van der Waals surface area (Å²) >= 11 is 3.35. The molecule has 1 aromatic carbocycles. The Bertz CT molecular complexity index is 687. The van der Waals surface area contributed by atoms with E-state index in [9.17, 15) is 4.79 Å². The summed E-state index contributed by atoms with van der Waals surface area (Å²) in [6.45, 7) is 1.84. The normalized spacial score (nSPS) is 20.5. The van der Waals surface area contributed by atoms with E-state index in [1.807, 2.05) is 34.5 Å². The van der Waals surface area contributed by atoms with Crippen LogP contribution in [0.2, 0.25) is 0 Å². The molecular formula is C16H15NO3S2. The molecule has 22 heavy (non-hydrogen) atoms. The summed E-state index contributed by atoms with van der Waals surface area (Å²) in [6, 6.07) is 10.1. The van der Waals surface area contributed by atoms with Crippen molar-refractivity contribution in [2.45, 2.75) is 11.9 Å². The number of hydrogen-bond donors (Lipinski definition) is 0. The Morgan fingerprint density at radius 1 is 1.18 bits per heavy atom. The maximum Gasteiger partial charge on any atom is 0.234 e. The summed E-state index contributed by atoms with van der Waals surface area (Å²) in [7, 11) is 0. The van der Waals surface area contributed by atoms with Gasteiger partial charge in [-0.3, -0.25) is 4.79 Å². The molecule has 4 nitrogen and oxygen atoms in total. The van der Waals surface area contributed by atoms with Crippen LogP contribution < -0.4 is 9.47 Å². The lowest BCUT2D eigenvalue weighted by Gasteiger charge is -2.25. The molecule has 2 aliphatic heterocycles. The van der Waals surface area contributed by atoms with Crippen LogP contribution in [0.4, 0.5) is 0 Å². The van der Waals surface area contributed by atoms with Crippen molar-refractivity contribution in [2.75, 3.05) is 19.0 Å². The average Bonchev–Trinajstić information content (AvgIpc) is 3.18. The number of thioether (sulfide) groups is 1. The molecule has 0 bridgehead atoms. The third-order valence-corrected chi connectivity index (χ3v) is 5.84. The second-order valence-corrected chi connectivity index (χ2v) is 7.27. The van der Waals surface area contributed by atoms with E-state index in [2.05, 4.69) is 6.07 Å². The molecule has 1 amide bonds. The Kier molecular flexibility index (Phi) is 3.72. The molecule has 0 N–H and O–H groups in total. The van der Waals surface area contributed by atoms with Gasteiger partial charge in [0.2, 0.25) is 5.91 Å². The maximum atomic E-state index is 12.2. The minimum Gasteiger partial charge on any atom is -0.486 e. The van der Waals surface area contributed by atoms with Gasteiger partial charge in [0.1, 0.15) is 18.6 Å². The van der Waals surface area contributed by atoms with Crippen LogP contribution in [-0.2, 0) is 11.3 Å². The van der Waals surface area contributed by atoms with E-state index in [1.54, 1.807) is 23.1 Å². The van der Waals surface area contributed by atoms with Gasteiger partial charge in [0, 0.05) is 4.88 Å². The van der Waals surface area contributed by atoms with Gasteiger partial charge in [0.15, 0.2) is 11.5 Å². The summed E-state index contributed by atoms with van der Waals surface area (Å²) < 4.78 is 11.2. The molecule has 0 saturated carbocycles. The highest BCUT2D eigenvalue weighted by atomic mass is 32.2. The van der Waals surface area contributed by atoms with E-state index in [-0.39, 0.29) is 11.3 Å². The van der Waals surface area contributed by atoms with Crippen LogP contribution in [0.5, 0.6) is 11.5 Å². The fourth-order valence-electron chi connectivity index (χ4n) is 2.69. The van der Waals surface area contributed by atoms with E-state index in [1.165, 1.54) is 4.88 Å². The minimum atomic E-state index is 0.0467. The first-order valence-electron chi connectivity index (χ1n) is 7.14. The highest BCUT2D eigenvalue weighted by Crippen LogP contribution is 2.43. The Morgan fingerprint density at radius 2 is 2.05 bits per heavy atom. The third-order valence-electron chi connectivity index (χ3n) is 3.73. The molecule has 0 spiro atoms. The number of carbonyl (C=O) groups is 1. The van der Waals surface area contributed by atoms with Crippen LogP contribution in [0.3, 0.4) is 0 Å². The number of fused-ring (bicyclic) bond motifs is 1. The van der Waals surface area contributed by atoms with Crippen LogP contribution in [0.1, 0.15) is 15.8 Å². The van der Waals surface area contributed by atoms with E-state index in [0.717, 1.165) is 17.1 Å². The van der Waals surface area contributed by atoms with E-state index >= 15 is 0 Å². The number of benzene rings is 1. The molecule has 1 atom stereocenters. The molecule has 1 unspecified atom stereocenters. The van der Waals surface area contributed by atoms with Gasteiger partial charge in [-0.15, -0.1) is 23.1 Å². The number of rotatable bonds is 3. The second kappa shape index (κ2) is 5.85. The lowest BCUT2D eigenvalue weighted by atomic mass is 10.1. The predicted octanol–water partition coefficient (Wildman–Crippen LogP) is 3.29. The highest BCUT2D eigenvalue weighted by Gasteiger charge is 2.33. The van der Waals surface area contributed by atoms with Crippen molar-refractivity contribution < 1.29 is 14.3 Å². The molecule has 2 aliphatic rings. The quantitative estimate of drug-likeness (QED) is 0.864. The van der Waals surface area contributed by atoms with E-state index < -0.39 is 0 Å². The summed E-state index contributed by atoms with van der Waals surface area (Å²) in [5.74, 6) is 2.29. The lowest BCUT2D eigenvalue weighted by molar-refractivity contribution is -0.128. The molecule has 0 radical (unpaired) electrons. The van der Waals surface area contributed by atoms with Gasteiger partial charge in [-0.1, -0.05) is 12.1 Å². The zero-order valence-electron chi connectivity index (χ0n) is 11.9. The summed E-state index contributed by atoms with van der Waals surface area (Å²) in [5.41, 5.74) is 1.09. The number of hydrogen-bond acceptors (Lipinski definition) is 5. The molecule has 1 fully saturated rings. The predicted molar refractivity (Wildman–Crippen MR) is 87.5 cm³/mol. The van der Waals surface area contributed by atoms with Crippen LogP contribution >= 0.6 is 23.1 Å². The molecule has 6 heteroatoms. The number of ether oxygens (including phenoxy) is 2. The van der Waals surface area contributed by atoms with Crippen molar-refractivity contribution in [3.63, 3.8) is 0 Å². The second-order valence-electron chi connectivity index (χ2n) is 5.17. The summed E-state index contributed by atoms with van der Waals surface area (Å²) in [5, 5.41) is 2.09. The summed E-state index contributed by atoms with van der Waals surface area (Å²) in [6.07, 6.45) is 0. The van der Waals surface area contributed by atoms with E-state index in [0.29, 0.717) is 25.5 Å². The Morgan fingerprint density at radius 3 is 2.86 bits per heavy atom. The molecular weight excluding hydrogens is 318 g/mol. The fraction of sp³-hybridized carbons (Fsp3) is 0.312. The molecule has 1 aromatic heterocycles. The first-order chi connectivity index (χ1) is 10.8. The van der Waals surface area contributed by atoms with Crippen LogP contribution in [-0.4, -0.2) is 29.8 Å². The number of thiophene rings is 1. The van der Waals surface area contributed by atoms with Gasteiger partial charge in [0.05, 0.1) is 12.3 Å². The molecule has 2 aromatic rings. The molecule has 114 valence electrons. The Hall–Kier alpha value is -1.66. The van der Waals surface area contributed by atoms with Crippen LogP contribution in [0.15, 0.2) is 35.7 Å². The van der Waals surface area contributed by atoms with Crippen LogP contribution in [0.25, 0.3) is 0 Å². The SMILES string of the molecule is O=C1CSC(c2ccc3c(c2)OCCO3)N1Cc1cccs1. The zero-order chi connectivity index (χ0) is 14.9. The topological polar surface area (TPSA) is 38.8 Å². The number of carbonyl (C=O) groups excluding carboxylic acids is 1. The van der Waals surface area contributed by atoms with Gasteiger partial charge < -0.3 is 14.4 Å². The van der Waals surface area contributed by atoms with Gasteiger partial charge >= 0.3 is 0 Å². The number of amides is 1. The van der Waals surface area contributed by atoms with Crippen molar-refractivity contribution in [3.05, 3.63) is 46.2 Å². The monoisotopic (exact) mass is 333 g/mol. The van der Waals surface area contributed by atoms with Gasteiger partial charge in [-0.25, -0.2) is 0 Å². The Balaban J connectivity index is 1.61. The molecule has 1 saturated heterocycles. The Labute approximate surface area is 137 Å². The first kappa shape index (κ1) is 14.0. The maximum absolute atomic E-state index is 12.2. The zero-order valence-corrected chi connectivity index (χ0v) is 13.5. The fourth-order valence-corrected chi connectivity index (χ4v) is 4.57. The summed E-state index contributed by atoms with van der Waals surface area (Å²) in [4.78, 5) is 15.4. The highest BCUT2D eigenvalue weighted by molar-refractivity contribution is 8.00. The molecule has 3 heterocycles. The molecule has 4 rings (SSSR count). The minimum absolute atomic E-state index is 0.0467. The van der Waals surface area contributed by atoms with Crippen molar-refractivity contribution in [1.82, 2.24) is 4.90 Å². The lowest BCUT2D eigenvalue weighted by Crippen LogP contribution is -2.27. The number of nitrogens with zero attached hydrogens (tertiary/aromatic N) is 1. The van der Waals surface area contributed by atoms with Gasteiger partial charge in [-0.05, 0) is 29.1 Å². The van der Waals surface area contributed by atoms with Crippen molar-refractivity contribution >= 4 is 29.0 Å². The third kappa shape index (κ3) is 2.57. The van der Waals surface area contributed by atoms with Crippen molar-refractivity contribution in [2.24, 2.45) is 0 Å². The first-order valence-corrected chi connectivity index (χ1v) is 9.07. The molecule has 0 aliphatic carbocycles. The average molecular weight is 333 g/mol. The standard InChI is InChI=1S/C16H15NO3S2/c18-15-10-22-16(17(15)9-12-2-1-7-21-12)11-3-4-13-14(8-11)20-6-5-19-13/h1-4,7-8,16H,5-6,9-10H2. The van der Waals surface area contributed by atoms with E-state index in [4.69, 9.17) is 9.47 Å². The van der Waals surface area contributed by atoms with Crippen LogP contribution in [0, 0.1) is 0 Å². The van der Waals surface area contributed by atoms with Gasteiger partial charge in [0.25, 0.3) is 0 Å². The van der Waals surface area contributed by atoms with Crippen molar-refractivity contribution in [3.8, 4) is 11.5 Å².